The van der Waals surface area contributed by atoms with Crippen LogP contribution in [0.25, 0.3) is 0 Å². The van der Waals surface area contributed by atoms with E-state index in [0.29, 0.717) is 12.8 Å². The van der Waals surface area contributed by atoms with Gasteiger partial charge in [0.05, 0.1) is 65.0 Å². The SMILES string of the molecule is CCCCCCCCCCCCC/C=C/[C@@H](O)[C@H](CO[C@@H]1OC(CO)[C@@H](O[C@@H]2OC(CO)[C@H](O)[C@H](O[C@@H]3OC(CO)[C@@H](O[C@@H]4OC(CO)[C@H](O)[C@H](O[C@@H]5OC(CO)[C@@H](O[C@@H]6OC(CO)[C@H](O)[C@H](O[C@@H]7OC(CO)[C@@H](O)[C@H](O)C7NC(C)=O)C6O)[C@H](O)C5NC(C)=O)C4O)[C@H](O)C3NC(C)=O)C2O)[C@H](O)C1O)NC(=O)CCCCCCCCCCCCCCCCCCC. The number of carbonyl (C=O) groups is 4. The Morgan fingerprint density at radius 2 is 0.578 bits per heavy atom. The molecule has 7 fully saturated rings. The first-order valence-corrected chi connectivity index (χ1v) is 46.5. The third-order valence-electron chi connectivity index (χ3n) is 24.7. The molecule has 7 aliphatic heterocycles. The number of rotatable bonds is 58. The first kappa shape index (κ1) is 111. The molecule has 0 radical (unpaired) electrons. The van der Waals surface area contributed by atoms with E-state index < -0.39 is 297 Å². The van der Waals surface area contributed by atoms with Crippen LogP contribution >= 0.6 is 0 Å². The average molecular weight is 1850 g/mol. The lowest BCUT2D eigenvalue weighted by atomic mass is 9.93. The van der Waals surface area contributed by atoms with Crippen molar-refractivity contribution in [2.75, 3.05) is 52.9 Å². The smallest absolute Gasteiger partial charge is 0.220 e. The average Bonchev–Trinajstić information content (AvgIpc) is 0.589. The number of hydrogen-bond acceptors (Lipinski definition) is 38. The zero-order valence-electron chi connectivity index (χ0n) is 74.7. The van der Waals surface area contributed by atoms with Gasteiger partial charge < -0.3 is 190 Å². The van der Waals surface area contributed by atoms with Crippen molar-refractivity contribution < 1.29 is 188 Å². The lowest BCUT2D eigenvalue weighted by molar-refractivity contribution is -0.388. The van der Waals surface area contributed by atoms with Crippen LogP contribution in [-0.2, 0) is 85.5 Å². The van der Waals surface area contributed by atoms with Crippen molar-refractivity contribution in [1.82, 2.24) is 21.3 Å². The molecule has 7 saturated heterocycles. The van der Waals surface area contributed by atoms with Gasteiger partial charge in [0.25, 0.3) is 0 Å². The van der Waals surface area contributed by atoms with E-state index in [-0.39, 0.29) is 12.3 Å². The number of allylic oxidation sites excluding steroid dienone is 1. The molecule has 0 bridgehead atoms. The molecule has 746 valence electrons. The van der Waals surface area contributed by atoms with Gasteiger partial charge in [-0.1, -0.05) is 193 Å². The predicted molar refractivity (Wildman–Crippen MR) is 447 cm³/mol. The predicted octanol–water partition coefficient (Wildman–Crippen LogP) is -3.68. The minimum absolute atomic E-state index is 0.163. The number of unbranched alkanes of at least 4 members (excludes halogenated alkanes) is 27. The van der Waals surface area contributed by atoms with Gasteiger partial charge in [-0.25, -0.2) is 0 Å². The quantitative estimate of drug-likeness (QED) is 0.0206. The summed E-state index contributed by atoms with van der Waals surface area (Å²) in [6.07, 6.45) is -27.2. The molecule has 4 amide bonds. The van der Waals surface area contributed by atoms with Crippen LogP contribution in [0.3, 0.4) is 0 Å². The molecule has 0 spiro atoms. The molecule has 14 unspecified atom stereocenters. The van der Waals surface area contributed by atoms with Crippen LogP contribution in [0.1, 0.15) is 227 Å². The van der Waals surface area contributed by atoms with E-state index in [1.807, 2.05) is 6.08 Å². The van der Waals surface area contributed by atoms with Gasteiger partial charge >= 0.3 is 0 Å². The molecular formula is C86H154N4O38. The number of ether oxygens (including phenoxy) is 14. The third-order valence-corrected chi connectivity index (χ3v) is 24.7. The van der Waals surface area contributed by atoms with Gasteiger partial charge in [-0.05, 0) is 19.3 Å². The molecule has 7 aliphatic rings. The molecule has 42 nitrogen and oxygen atoms in total. The molecule has 0 aromatic heterocycles. The van der Waals surface area contributed by atoms with Crippen LogP contribution in [0.5, 0.6) is 0 Å². The van der Waals surface area contributed by atoms with Crippen molar-refractivity contribution in [3.8, 4) is 0 Å². The molecule has 7 heterocycles. The second-order valence-electron chi connectivity index (χ2n) is 34.9. The van der Waals surface area contributed by atoms with Crippen molar-refractivity contribution >= 4 is 23.6 Å². The highest BCUT2D eigenvalue weighted by Crippen LogP contribution is 2.39. The summed E-state index contributed by atoms with van der Waals surface area (Å²) in [5.41, 5.74) is 0. The van der Waals surface area contributed by atoms with Crippen LogP contribution in [0, 0.1) is 0 Å². The lowest BCUT2D eigenvalue weighted by Crippen LogP contribution is -2.71. The summed E-state index contributed by atoms with van der Waals surface area (Å²) < 4.78 is 83.2. The fraction of sp³-hybridized carbons (Fsp3) is 0.930. The summed E-state index contributed by atoms with van der Waals surface area (Å²) >= 11 is 0. The maximum atomic E-state index is 13.6. The van der Waals surface area contributed by atoms with Crippen molar-refractivity contribution in [3.63, 3.8) is 0 Å². The second-order valence-corrected chi connectivity index (χ2v) is 34.9. The summed E-state index contributed by atoms with van der Waals surface area (Å²) in [6.45, 7) is -0.220. The Hall–Kier alpha value is -3.74. The normalized spacial score (nSPS) is 37.6. The summed E-state index contributed by atoms with van der Waals surface area (Å²) in [4.78, 5) is 51.8. The van der Waals surface area contributed by atoms with Gasteiger partial charge in [0.15, 0.2) is 44.0 Å². The van der Waals surface area contributed by atoms with Gasteiger partial charge in [0, 0.05) is 27.2 Å². The zero-order valence-corrected chi connectivity index (χ0v) is 74.7. The van der Waals surface area contributed by atoms with E-state index in [1.54, 1.807) is 6.08 Å². The summed E-state index contributed by atoms with van der Waals surface area (Å²) in [6, 6.07) is -6.46. The highest BCUT2D eigenvalue weighted by Gasteiger charge is 2.60. The van der Waals surface area contributed by atoms with Crippen LogP contribution < -0.4 is 21.3 Å². The van der Waals surface area contributed by atoms with E-state index in [1.165, 1.54) is 122 Å². The Bertz CT molecular complexity index is 3100. The van der Waals surface area contributed by atoms with Crippen molar-refractivity contribution in [3.05, 3.63) is 12.2 Å². The van der Waals surface area contributed by atoms with Crippen LogP contribution in [-0.4, -0.2) is 406 Å². The minimum Gasteiger partial charge on any atom is -0.394 e. The number of carbonyl (C=O) groups excluding carboxylic acids is 4. The maximum Gasteiger partial charge on any atom is 0.220 e. The van der Waals surface area contributed by atoms with Gasteiger partial charge in [-0.15, -0.1) is 0 Å². The highest BCUT2D eigenvalue weighted by molar-refractivity contribution is 5.76. The Labute approximate surface area is 748 Å². The zero-order chi connectivity index (χ0) is 93.7. The molecule has 7 rings (SSSR count). The fourth-order valence-electron chi connectivity index (χ4n) is 17.3. The number of amides is 4. The van der Waals surface area contributed by atoms with E-state index in [0.717, 1.165) is 72.1 Å². The fourth-order valence-corrected chi connectivity index (χ4v) is 17.3. The Kier molecular flexibility index (Phi) is 51.0. The molecule has 0 aromatic carbocycles. The maximum absolute atomic E-state index is 13.6. The summed E-state index contributed by atoms with van der Waals surface area (Å²) in [5.74, 6) is -2.92. The lowest BCUT2D eigenvalue weighted by Gasteiger charge is -2.51. The Morgan fingerprint density at radius 1 is 0.305 bits per heavy atom. The van der Waals surface area contributed by atoms with Crippen LogP contribution in [0.15, 0.2) is 12.2 Å². The van der Waals surface area contributed by atoms with Gasteiger partial charge in [-0.2, -0.15) is 0 Å². The standard InChI is InChI=1S/C86H154N4O38/c1-6-8-10-12-14-16-18-20-21-22-23-25-27-29-31-33-35-37-58(102)90-49(50(101)36-34-32-30-28-26-24-19-17-15-13-11-9-7-2)45-115-83-70(111)69(110)76(57(44-97)122-83)125-86-73(114)79(65(106)54(41-94)119-86)128-82-61(89-48(5)100)68(109)75(56(43-96)121-82)124-85-72(113)78(64(105)53(40-93)118-85)127-81-60(88-47(4)99)67(108)74(55(42-95)120-81)123-84-71(112)77(63(104)52(39-92)117-84)126-80-59(87-46(3)98)66(107)62(103)51(38-91)116-80/h34,36,49-57,59-86,91-97,101,103-114H,6-33,35,37-45H2,1-5H3,(H,87,98)(H,88,99)(H,89,100)(H,90,102)/b36-34+/t49-,50+,51?,52?,53?,54?,55?,56?,57?,59?,60?,61?,62+,63-,64-,65-,66+,67+,68+,69+,70?,71?,72?,73?,74+,75+,76+,77-,78-,79-,80-,81-,82-,83+,84-,85-,86-/m0/s1. The number of aliphatic hydroxyl groups excluding tert-OH is 20. The number of nitrogens with one attached hydrogen (secondary N) is 4. The van der Waals surface area contributed by atoms with Crippen LogP contribution in [0.2, 0.25) is 0 Å². The summed E-state index contributed by atoms with van der Waals surface area (Å²) in [7, 11) is 0. The van der Waals surface area contributed by atoms with Gasteiger partial charge in [0.2, 0.25) is 23.6 Å². The van der Waals surface area contributed by atoms with Crippen molar-refractivity contribution in [2.24, 2.45) is 0 Å². The van der Waals surface area contributed by atoms with E-state index in [2.05, 4.69) is 35.1 Å². The van der Waals surface area contributed by atoms with Crippen LogP contribution in [0.4, 0.5) is 0 Å². The van der Waals surface area contributed by atoms with Crippen molar-refractivity contribution in [2.45, 2.75) is 454 Å². The van der Waals surface area contributed by atoms with Crippen molar-refractivity contribution in [1.29, 1.82) is 0 Å². The largest absolute Gasteiger partial charge is 0.394 e. The first-order chi connectivity index (χ1) is 61.4. The molecule has 0 saturated carbocycles. The van der Waals surface area contributed by atoms with Gasteiger partial charge in [-0.3, -0.25) is 19.2 Å². The number of hydrogen-bond donors (Lipinski definition) is 24. The van der Waals surface area contributed by atoms with E-state index in [4.69, 9.17) is 66.3 Å². The Morgan fingerprint density at radius 3 is 0.906 bits per heavy atom. The molecule has 0 aliphatic carbocycles. The molecule has 0 aromatic rings. The Balaban J connectivity index is 0.986. The van der Waals surface area contributed by atoms with E-state index in [9.17, 15) is 121 Å². The summed E-state index contributed by atoms with van der Waals surface area (Å²) in [5, 5.41) is 236. The molecular weight excluding hydrogens is 1700 g/mol. The third kappa shape index (κ3) is 33.0. The minimum atomic E-state index is -2.31. The van der Waals surface area contributed by atoms with E-state index >= 15 is 0 Å². The second kappa shape index (κ2) is 58.6. The monoisotopic (exact) mass is 1850 g/mol. The molecule has 128 heavy (non-hydrogen) atoms. The molecule has 24 N–H and O–H groups in total. The highest BCUT2D eigenvalue weighted by atomic mass is 16.8. The first-order valence-electron chi connectivity index (χ1n) is 46.5. The topological polar surface area (TPSA) is 650 Å². The molecule has 37 atom stereocenters. The molecule has 42 heteroatoms. The van der Waals surface area contributed by atoms with Gasteiger partial charge in [0.1, 0.15) is 171 Å². The number of aliphatic hydroxyl groups is 20.